The van der Waals surface area contributed by atoms with Crippen molar-refractivity contribution in [1.29, 1.82) is 5.26 Å². The third-order valence-corrected chi connectivity index (χ3v) is 3.09. The van der Waals surface area contributed by atoms with Crippen LogP contribution in [-0.4, -0.2) is 12.7 Å². The molecule has 2 atom stereocenters. The van der Waals surface area contributed by atoms with Crippen molar-refractivity contribution in [2.75, 3.05) is 6.61 Å². The SMILES string of the molecule is CCC/C=C/[C@@H]1CCO[C@@H](c2ccc(C#N)cc2)O1. The average molecular weight is 257 g/mol. The van der Waals surface area contributed by atoms with Gasteiger partial charge in [-0.2, -0.15) is 5.26 Å². The molecule has 0 amide bonds. The quantitative estimate of drug-likeness (QED) is 0.772. The Morgan fingerprint density at radius 2 is 2.16 bits per heavy atom. The van der Waals surface area contributed by atoms with Crippen LogP contribution in [0.15, 0.2) is 36.4 Å². The fourth-order valence-corrected chi connectivity index (χ4v) is 2.00. The van der Waals surface area contributed by atoms with E-state index < -0.39 is 0 Å². The van der Waals surface area contributed by atoms with Gasteiger partial charge in [-0.25, -0.2) is 0 Å². The molecular weight excluding hydrogens is 238 g/mol. The Bertz CT molecular complexity index is 459. The maximum Gasteiger partial charge on any atom is 0.184 e. The molecule has 0 spiro atoms. The molecule has 19 heavy (non-hydrogen) atoms. The van der Waals surface area contributed by atoms with E-state index in [-0.39, 0.29) is 12.4 Å². The van der Waals surface area contributed by atoms with Gasteiger partial charge >= 0.3 is 0 Å². The summed E-state index contributed by atoms with van der Waals surface area (Å²) in [6.07, 6.45) is 7.24. The Morgan fingerprint density at radius 1 is 1.37 bits per heavy atom. The van der Waals surface area contributed by atoms with Crippen molar-refractivity contribution < 1.29 is 9.47 Å². The lowest BCUT2D eigenvalue weighted by atomic mass is 10.1. The molecule has 3 heteroatoms. The molecule has 0 bridgehead atoms. The lowest BCUT2D eigenvalue weighted by Crippen LogP contribution is -2.25. The van der Waals surface area contributed by atoms with Gasteiger partial charge in [-0.3, -0.25) is 0 Å². The van der Waals surface area contributed by atoms with Crippen LogP contribution in [0.2, 0.25) is 0 Å². The number of hydrogen-bond donors (Lipinski definition) is 0. The van der Waals surface area contributed by atoms with Crippen LogP contribution in [0.25, 0.3) is 0 Å². The Morgan fingerprint density at radius 3 is 2.84 bits per heavy atom. The average Bonchev–Trinajstić information content (AvgIpc) is 2.48. The predicted octanol–water partition coefficient (Wildman–Crippen LogP) is 3.72. The van der Waals surface area contributed by atoms with Crippen molar-refractivity contribution in [2.24, 2.45) is 0 Å². The molecular formula is C16H19NO2. The molecule has 0 saturated carbocycles. The summed E-state index contributed by atoms with van der Waals surface area (Å²) >= 11 is 0. The summed E-state index contributed by atoms with van der Waals surface area (Å²) in [5.74, 6) is 0. The highest BCUT2D eigenvalue weighted by molar-refractivity contribution is 5.32. The number of ether oxygens (including phenoxy) is 2. The lowest BCUT2D eigenvalue weighted by Gasteiger charge is -2.29. The Hall–Kier alpha value is -1.63. The first kappa shape index (κ1) is 13.8. The van der Waals surface area contributed by atoms with Gasteiger partial charge in [-0.05, 0) is 18.6 Å². The zero-order chi connectivity index (χ0) is 13.5. The molecule has 1 fully saturated rings. The Kier molecular flexibility index (Phi) is 5.14. The summed E-state index contributed by atoms with van der Waals surface area (Å²) in [4.78, 5) is 0. The van der Waals surface area contributed by atoms with E-state index in [9.17, 15) is 0 Å². The number of hydrogen-bond acceptors (Lipinski definition) is 3. The molecule has 2 rings (SSSR count). The van der Waals surface area contributed by atoms with Crippen LogP contribution in [-0.2, 0) is 9.47 Å². The molecule has 1 aliphatic rings. The minimum absolute atomic E-state index is 0.126. The van der Waals surface area contributed by atoms with Crippen molar-refractivity contribution >= 4 is 0 Å². The van der Waals surface area contributed by atoms with Crippen molar-refractivity contribution in [2.45, 2.75) is 38.6 Å². The maximum atomic E-state index is 8.78. The second kappa shape index (κ2) is 7.08. The summed E-state index contributed by atoms with van der Waals surface area (Å²) in [6, 6.07) is 9.47. The van der Waals surface area contributed by atoms with Crippen LogP contribution in [0.1, 0.15) is 43.6 Å². The van der Waals surface area contributed by atoms with Gasteiger partial charge in [0, 0.05) is 12.0 Å². The minimum Gasteiger partial charge on any atom is -0.348 e. The van der Waals surface area contributed by atoms with Gasteiger partial charge in [0.1, 0.15) is 0 Å². The Labute approximate surface area is 114 Å². The van der Waals surface area contributed by atoms with Crippen molar-refractivity contribution in [3.05, 3.63) is 47.5 Å². The van der Waals surface area contributed by atoms with E-state index >= 15 is 0 Å². The zero-order valence-corrected chi connectivity index (χ0v) is 11.2. The predicted molar refractivity (Wildman–Crippen MR) is 73.4 cm³/mol. The normalized spacial score (nSPS) is 23.4. The summed E-state index contributed by atoms with van der Waals surface area (Å²) < 4.78 is 11.5. The minimum atomic E-state index is -0.322. The number of rotatable bonds is 4. The van der Waals surface area contributed by atoms with Crippen LogP contribution in [0.5, 0.6) is 0 Å². The molecule has 1 aromatic rings. The van der Waals surface area contributed by atoms with Gasteiger partial charge in [-0.15, -0.1) is 0 Å². The fraction of sp³-hybridized carbons (Fsp3) is 0.438. The second-order valence-electron chi connectivity index (χ2n) is 4.62. The smallest absolute Gasteiger partial charge is 0.184 e. The third kappa shape index (κ3) is 3.92. The van der Waals surface area contributed by atoms with Crippen molar-refractivity contribution in [3.63, 3.8) is 0 Å². The molecule has 0 aromatic heterocycles. The first-order chi connectivity index (χ1) is 9.33. The van der Waals surface area contributed by atoms with E-state index in [4.69, 9.17) is 14.7 Å². The molecule has 0 radical (unpaired) electrons. The highest BCUT2D eigenvalue weighted by Crippen LogP contribution is 2.27. The number of allylic oxidation sites excluding steroid dienone is 1. The van der Waals surface area contributed by atoms with Crippen LogP contribution in [0.4, 0.5) is 0 Å². The monoisotopic (exact) mass is 257 g/mol. The van der Waals surface area contributed by atoms with Crippen molar-refractivity contribution in [1.82, 2.24) is 0 Å². The van der Waals surface area contributed by atoms with E-state index in [1.54, 1.807) is 12.1 Å². The standard InChI is InChI=1S/C16H19NO2/c1-2-3-4-5-15-10-11-18-16(19-15)14-8-6-13(12-17)7-9-14/h4-9,15-16H,2-3,10-11H2,1H3/b5-4+/t15-,16-/m1/s1. The molecule has 100 valence electrons. The van der Waals surface area contributed by atoms with Gasteiger partial charge in [0.25, 0.3) is 0 Å². The highest BCUT2D eigenvalue weighted by Gasteiger charge is 2.22. The van der Waals surface area contributed by atoms with Crippen LogP contribution in [0.3, 0.4) is 0 Å². The van der Waals surface area contributed by atoms with Gasteiger partial charge in [0.05, 0.1) is 24.3 Å². The van der Waals surface area contributed by atoms with Gasteiger partial charge < -0.3 is 9.47 Å². The largest absolute Gasteiger partial charge is 0.348 e. The number of unbranched alkanes of at least 4 members (excludes halogenated alkanes) is 1. The molecule has 0 N–H and O–H groups in total. The first-order valence-corrected chi connectivity index (χ1v) is 6.77. The van der Waals surface area contributed by atoms with E-state index in [1.165, 1.54) is 0 Å². The number of nitriles is 1. The van der Waals surface area contributed by atoms with E-state index in [0.717, 1.165) is 24.8 Å². The van der Waals surface area contributed by atoms with Crippen molar-refractivity contribution in [3.8, 4) is 6.07 Å². The number of benzene rings is 1. The van der Waals surface area contributed by atoms with Crippen LogP contribution < -0.4 is 0 Å². The molecule has 0 aliphatic carbocycles. The summed E-state index contributed by atoms with van der Waals surface area (Å²) in [6.45, 7) is 2.86. The van der Waals surface area contributed by atoms with Gasteiger partial charge in [0.15, 0.2) is 6.29 Å². The molecule has 0 unspecified atom stereocenters. The fourth-order valence-electron chi connectivity index (χ4n) is 2.00. The highest BCUT2D eigenvalue weighted by atomic mass is 16.7. The van der Waals surface area contributed by atoms with E-state index in [1.807, 2.05) is 12.1 Å². The molecule has 1 heterocycles. The Balaban J connectivity index is 1.98. The maximum absolute atomic E-state index is 8.78. The van der Waals surface area contributed by atoms with Crippen LogP contribution >= 0.6 is 0 Å². The summed E-state index contributed by atoms with van der Waals surface area (Å²) in [5.41, 5.74) is 1.62. The van der Waals surface area contributed by atoms with Crippen LogP contribution in [0, 0.1) is 11.3 Å². The second-order valence-corrected chi connectivity index (χ2v) is 4.62. The topological polar surface area (TPSA) is 42.2 Å². The van der Waals surface area contributed by atoms with E-state index in [0.29, 0.717) is 12.2 Å². The molecule has 3 nitrogen and oxygen atoms in total. The van der Waals surface area contributed by atoms with Gasteiger partial charge in [-0.1, -0.05) is 37.6 Å². The molecule has 1 aromatic carbocycles. The summed E-state index contributed by atoms with van der Waals surface area (Å²) in [5, 5.41) is 8.78. The lowest BCUT2D eigenvalue weighted by molar-refractivity contribution is -0.204. The summed E-state index contributed by atoms with van der Waals surface area (Å²) in [7, 11) is 0. The van der Waals surface area contributed by atoms with Gasteiger partial charge in [0.2, 0.25) is 0 Å². The molecule has 1 aliphatic heterocycles. The third-order valence-electron chi connectivity index (χ3n) is 3.09. The molecule has 1 saturated heterocycles. The first-order valence-electron chi connectivity index (χ1n) is 6.77. The number of nitrogens with zero attached hydrogens (tertiary/aromatic N) is 1. The zero-order valence-electron chi connectivity index (χ0n) is 11.2. The van der Waals surface area contributed by atoms with E-state index in [2.05, 4.69) is 25.1 Å².